The van der Waals surface area contributed by atoms with Gasteiger partial charge in [-0.25, -0.2) is 14.4 Å². The highest BCUT2D eigenvalue weighted by Crippen LogP contribution is 2.32. The highest BCUT2D eigenvalue weighted by atomic mass is 16.8. The molecule has 0 spiro atoms. The second-order valence-corrected chi connectivity index (χ2v) is 10.8. The summed E-state index contributed by atoms with van der Waals surface area (Å²) in [5, 5.41) is 9.96. The maximum Gasteiger partial charge on any atom is 0.514 e. The molecule has 0 heterocycles. The molecule has 1 rings (SSSR count). The number of rotatable bonds is 17. The second kappa shape index (κ2) is 18.1. The Labute approximate surface area is 248 Å². The highest BCUT2D eigenvalue weighted by Gasteiger charge is 2.37. The minimum absolute atomic E-state index is 0.133. The number of carbonyl (C=O) groups excluding carboxylic acids is 3. The van der Waals surface area contributed by atoms with Gasteiger partial charge in [-0.15, -0.1) is 0 Å². The van der Waals surface area contributed by atoms with Crippen molar-refractivity contribution >= 4 is 24.4 Å². The molecule has 0 fully saturated rings. The number of hydrogen-bond donors (Lipinski definition) is 2. The van der Waals surface area contributed by atoms with Gasteiger partial charge in [0.2, 0.25) is 0 Å². The van der Waals surface area contributed by atoms with Crippen molar-refractivity contribution in [2.75, 3.05) is 6.61 Å². The van der Waals surface area contributed by atoms with Crippen LogP contribution in [0, 0.1) is 5.92 Å². The molecule has 238 valence electrons. The third-order valence-electron chi connectivity index (χ3n) is 6.46. The van der Waals surface area contributed by atoms with Gasteiger partial charge in [0.1, 0.15) is 23.9 Å². The fraction of sp³-hybridized carbons (Fsp3) is 0.667. The summed E-state index contributed by atoms with van der Waals surface area (Å²) in [7, 11) is 0. The van der Waals surface area contributed by atoms with Gasteiger partial charge in [0.05, 0.1) is 6.61 Å². The molecular weight excluding hydrogens is 550 g/mol. The lowest BCUT2D eigenvalue weighted by Gasteiger charge is -2.28. The normalized spacial score (nSPS) is 15.2. The van der Waals surface area contributed by atoms with Gasteiger partial charge in [-0.2, -0.15) is 0 Å². The lowest BCUT2D eigenvalue weighted by atomic mass is 9.86. The fourth-order valence-corrected chi connectivity index (χ4v) is 3.99. The van der Waals surface area contributed by atoms with Crippen LogP contribution in [0.2, 0.25) is 0 Å². The van der Waals surface area contributed by atoms with E-state index in [1.165, 1.54) is 25.1 Å². The molecule has 42 heavy (non-hydrogen) atoms. The van der Waals surface area contributed by atoms with Gasteiger partial charge in [-0.1, -0.05) is 53.0 Å². The maximum atomic E-state index is 12.5. The van der Waals surface area contributed by atoms with E-state index in [-0.39, 0.29) is 36.9 Å². The Bertz CT molecular complexity index is 1030. The van der Waals surface area contributed by atoms with E-state index in [0.717, 1.165) is 19.3 Å². The second-order valence-electron chi connectivity index (χ2n) is 10.8. The summed E-state index contributed by atoms with van der Waals surface area (Å²) in [6, 6.07) is 4.15. The molecule has 1 aromatic rings. The van der Waals surface area contributed by atoms with Crippen molar-refractivity contribution in [2.24, 2.45) is 11.7 Å². The van der Waals surface area contributed by atoms with Crippen molar-refractivity contribution in [1.82, 2.24) is 0 Å². The predicted octanol–water partition coefficient (Wildman–Crippen LogP) is 6.40. The number of carbonyl (C=O) groups is 4. The molecule has 0 saturated carbocycles. The molecule has 0 aliphatic carbocycles. The summed E-state index contributed by atoms with van der Waals surface area (Å²) in [4.78, 5) is 49.1. The van der Waals surface area contributed by atoms with E-state index in [0.29, 0.717) is 18.4 Å². The fourth-order valence-electron chi connectivity index (χ4n) is 3.99. The van der Waals surface area contributed by atoms with Crippen LogP contribution >= 0.6 is 0 Å². The van der Waals surface area contributed by atoms with Crippen molar-refractivity contribution in [3.63, 3.8) is 0 Å². The van der Waals surface area contributed by atoms with Gasteiger partial charge in [0.15, 0.2) is 11.5 Å². The van der Waals surface area contributed by atoms with Crippen LogP contribution in [0.4, 0.5) is 14.4 Å². The smallest absolute Gasteiger partial charge is 0.480 e. The van der Waals surface area contributed by atoms with E-state index >= 15 is 0 Å². The molecular formula is C30H47NO11. The minimum Gasteiger partial charge on any atom is -0.480 e. The van der Waals surface area contributed by atoms with Gasteiger partial charge >= 0.3 is 24.4 Å². The van der Waals surface area contributed by atoms with E-state index in [1.807, 2.05) is 27.7 Å². The zero-order chi connectivity index (χ0) is 31.9. The molecule has 4 unspecified atom stereocenters. The monoisotopic (exact) mass is 597 g/mol. The molecule has 0 saturated heterocycles. The quantitative estimate of drug-likeness (QED) is 0.115. The molecule has 0 aromatic heterocycles. The van der Waals surface area contributed by atoms with Crippen LogP contribution in [0.1, 0.15) is 92.6 Å². The van der Waals surface area contributed by atoms with E-state index in [2.05, 4.69) is 0 Å². The predicted molar refractivity (Wildman–Crippen MR) is 154 cm³/mol. The number of aliphatic carboxylic acids is 1. The van der Waals surface area contributed by atoms with Crippen LogP contribution in [-0.2, 0) is 30.2 Å². The number of nitrogens with two attached hydrogens (primary N) is 1. The zero-order valence-corrected chi connectivity index (χ0v) is 25.8. The number of ether oxygens (including phenoxy) is 6. The standard InChI is InChI=1S/C30H47NO11/c1-8-11-20(5)38-28(35)41-24-14-13-23(15-25(24)42-29(36)39-21(6)12-9-2)17-30(31,26(32)33)16-22(7)40-27(34)37-18-19(4)10-3/h13-15,19-22H,8-12,16-18,31H2,1-7H3,(H,32,33)/t19?,20?,21?,22-,30?/m0/s1. The number of hydrogen-bond acceptors (Lipinski definition) is 11. The first-order valence-electron chi connectivity index (χ1n) is 14.5. The van der Waals surface area contributed by atoms with Gasteiger partial charge in [-0.05, 0) is 57.2 Å². The SMILES string of the molecule is CCCC(C)OC(=O)Oc1ccc(CC(N)(C[C@H](C)OC(=O)OCC(C)CC)C(=O)O)cc1OC(=O)OC(C)CCC. The lowest BCUT2D eigenvalue weighted by molar-refractivity contribution is -0.144. The van der Waals surface area contributed by atoms with E-state index in [1.54, 1.807) is 13.8 Å². The molecule has 5 atom stereocenters. The number of carboxylic acid groups (broad SMARTS) is 1. The first-order chi connectivity index (χ1) is 19.7. The van der Waals surface area contributed by atoms with Crippen molar-refractivity contribution in [1.29, 1.82) is 0 Å². The average Bonchev–Trinajstić information content (AvgIpc) is 2.88. The molecule has 0 aliphatic rings. The van der Waals surface area contributed by atoms with Crippen LogP contribution < -0.4 is 15.2 Å². The molecule has 0 radical (unpaired) electrons. The van der Waals surface area contributed by atoms with Crippen LogP contribution in [0.3, 0.4) is 0 Å². The Morgan fingerprint density at radius 1 is 0.810 bits per heavy atom. The Morgan fingerprint density at radius 2 is 1.33 bits per heavy atom. The summed E-state index contributed by atoms with van der Waals surface area (Å²) < 4.78 is 31.4. The Morgan fingerprint density at radius 3 is 1.83 bits per heavy atom. The molecule has 1 aromatic carbocycles. The van der Waals surface area contributed by atoms with Crippen molar-refractivity contribution in [3.05, 3.63) is 23.8 Å². The summed E-state index contributed by atoms with van der Waals surface area (Å²) in [5.74, 6) is -1.51. The van der Waals surface area contributed by atoms with Crippen LogP contribution in [0.15, 0.2) is 18.2 Å². The molecule has 0 aliphatic heterocycles. The number of carboxylic acids is 1. The summed E-state index contributed by atoms with van der Waals surface area (Å²) >= 11 is 0. The summed E-state index contributed by atoms with van der Waals surface area (Å²) in [5.41, 5.74) is 4.75. The molecule has 0 bridgehead atoms. The Kier molecular flexibility index (Phi) is 15.7. The maximum absolute atomic E-state index is 12.5. The molecule has 12 nitrogen and oxygen atoms in total. The third-order valence-corrected chi connectivity index (χ3v) is 6.46. The lowest BCUT2D eigenvalue weighted by Crippen LogP contribution is -2.52. The van der Waals surface area contributed by atoms with Gasteiger partial charge in [-0.3, -0.25) is 4.79 Å². The van der Waals surface area contributed by atoms with Crippen LogP contribution in [-0.4, -0.2) is 60.0 Å². The molecule has 3 N–H and O–H groups in total. The zero-order valence-electron chi connectivity index (χ0n) is 25.8. The van der Waals surface area contributed by atoms with Crippen molar-refractivity contribution in [3.8, 4) is 11.5 Å². The Balaban J connectivity index is 3.15. The van der Waals surface area contributed by atoms with E-state index < -0.39 is 48.3 Å². The third kappa shape index (κ3) is 13.4. The van der Waals surface area contributed by atoms with Gasteiger partial charge in [0, 0.05) is 12.8 Å². The topological polar surface area (TPSA) is 170 Å². The molecule has 0 amide bonds. The highest BCUT2D eigenvalue weighted by molar-refractivity contribution is 5.79. The largest absolute Gasteiger partial charge is 0.514 e. The first kappa shape index (κ1) is 36.5. The first-order valence-corrected chi connectivity index (χ1v) is 14.5. The Hall–Kier alpha value is -3.54. The van der Waals surface area contributed by atoms with E-state index in [9.17, 15) is 24.3 Å². The van der Waals surface area contributed by atoms with Crippen LogP contribution in [0.25, 0.3) is 0 Å². The average molecular weight is 598 g/mol. The summed E-state index contributed by atoms with van der Waals surface area (Å²) in [6.07, 6.45) is -1.48. The number of benzene rings is 1. The van der Waals surface area contributed by atoms with Crippen molar-refractivity contribution in [2.45, 2.75) is 117 Å². The molecule has 12 heteroatoms. The van der Waals surface area contributed by atoms with Gasteiger partial charge in [0.25, 0.3) is 0 Å². The van der Waals surface area contributed by atoms with E-state index in [4.69, 9.17) is 34.2 Å². The van der Waals surface area contributed by atoms with Gasteiger partial charge < -0.3 is 39.3 Å². The minimum atomic E-state index is -1.87. The summed E-state index contributed by atoms with van der Waals surface area (Å²) in [6.45, 7) is 12.9. The van der Waals surface area contributed by atoms with Crippen molar-refractivity contribution < 1.29 is 52.7 Å². The van der Waals surface area contributed by atoms with Crippen LogP contribution in [0.5, 0.6) is 11.5 Å².